The van der Waals surface area contributed by atoms with Crippen LogP contribution < -0.4 is 9.62 Å². The Bertz CT molecular complexity index is 845. The van der Waals surface area contributed by atoms with E-state index in [1.807, 2.05) is 20.8 Å². The zero-order valence-electron chi connectivity index (χ0n) is 16.1. The number of nitrogens with zero attached hydrogens (tertiary/aromatic N) is 2. The number of benzene rings is 1. The van der Waals surface area contributed by atoms with Crippen LogP contribution in [0.4, 0.5) is 11.4 Å². The first-order chi connectivity index (χ1) is 12.6. The molecule has 2 aliphatic rings. The van der Waals surface area contributed by atoms with Gasteiger partial charge in [0.2, 0.25) is 21.8 Å². The second-order valence-electron chi connectivity index (χ2n) is 8.21. The molecule has 3 rings (SSSR count). The molecule has 2 amide bonds. The molecule has 2 saturated heterocycles. The quantitative estimate of drug-likeness (QED) is 0.853. The molecule has 7 nitrogen and oxygen atoms in total. The number of amides is 2. The van der Waals surface area contributed by atoms with Gasteiger partial charge in [0.25, 0.3) is 0 Å². The van der Waals surface area contributed by atoms with E-state index in [-0.39, 0.29) is 29.5 Å². The summed E-state index contributed by atoms with van der Waals surface area (Å²) in [6, 6.07) is 6.88. The number of hydrogen-bond donors (Lipinski definition) is 1. The predicted molar refractivity (Wildman–Crippen MR) is 105 cm³/mol. The van der Waals surface area contributed by atoms with Crippen LogP contribution in [0.5, 0.6) is 0 Å². The molecule has 2 heterocycles. The largest absolute Gasteiger partial charge is 0.337 e. The minimum Gasteiger partial charge on any atom is -0.337 e. The fraction of sp³-hybridized carbons (Fsp3) is 0.579. The van der Waals surface area contributed by atoms with E-state index in [2.05, 4.69) is 5.32 Å². The summed E-state index contributed by atoms with van der Waals surface area (Å²) in [4.78, 5) is 26.5. The maximum Gasteiger partial charge on any atom is 0.235 e. The van der Waals surface area contributed by atoms with Gasteiger partial charge in [-0.1, -0.05) is 6.07 Å². The van der Waals surface area contributed by atoms with Gasteiger partial charge in [-0.2, -0.15) is 0 Å². The molecule has 0 aromatic heterocycles. The molecule has 2 fully saturated rings. The number of anilines is 2. The number of rotatable bonds is 3. The first-order valence-electron chi connectivity index (χ1n) is 9.30. The Balaban J connectivity index is 1.72. The van der Waals surface area contributed by atoms with Crippen molar-refractivity contribution in [2.45, 2.75) is 45.6 Å². The van der Waals surface area contributed by atoms with Crippen molar-refractivity contribution in [1.29, 1.82) is 0 Å². The Hall–Kier alpha value is -2.09. The molecule has 1 aromatic carbocycles. The number of likely N-dealkylation sites (tertiary alicyclic amines) is 1. The van der Waals surface area contributed by atoms with Crippen LogP contribution in [-0.2, 0) is 19.6 Å². The number of sulfonamides is 1. The molecule has 0 aliphatic carbocycles. The zero-order valence-corrected chi connectivity index (χ0v) is 16.9. The lowest BCUT2D eigenvalue weighted by atomic mass is 10.1. The summed E-state index contributed by atoms with van der Waals surface area (Å²) >= 11 is 0. The lowest BCUT2D eigenvalue weighted by molar-refractivity contribution is -0.131. The molecule has 0 unspecified atom stereocenters. The second kappa shape index (κ2) is 7.14. The van der Waals surface area contributed by atoms with E-state index in [4.69, 9.17) is 0 Å². The van der Waals surface area contributed by atoms with E-state index < -0.39 is 15.9 Å². The normalized spacial score (nSPS) is 22.8. The van der Waals surface area contributed by atoms with Crippen LogP contribution in [0.3, 0.4) is 0 Å². The van der Waals surface area contributed by atoms with Gasteiger partial charge in [0.05, 0.1) is 17.4 Å². The number of nitrogens with one attached hydrogen (secondary N) is 1. The molecular weight excluding hydrogens is 366 g/mol. The molecule has 27 heavy (non-hydrogen) atoms. The van der Waals surface area contributed by atoms with E-state index in [9.17, 15) is 18.0 Å². The minimum atomic E-state index is -3.30. The molecule has 0 radical (unpaired) electrons. The summed E-state index contributed by atoms with van der Waals surface area (Å²) in [5, 5.41) is 2.84. The van der Waals surface area contributed by atoms with E-state index in [0.29, 0.717) is 30.9 Å². The fourth-order valence-corrected chi connectivity index (χ4v) is 5.22. The van der Waals surface area contributed by atoms with Gasteiger partial charge in [-0.15, -0.1) is 0 Å². The molecule has 8 heteroatoms. The first kappa shape index (κ1) is 19.7. The monoisotopic (exact) mass is 393 g/mol. The summed E-state index contributed by atoms with van der Waals surface area (Å²) in [7, 11) is -3.30. The van der Waals surface area contributed by atoms with E-state index in [1.165, 1.54) is 4.31 Å². The standard InChI is InChI=1S/C19H27N3O4S/c1-19(2,3)21-13-14(11-17(21)23)18(24)20-15-7-6-8-16(12-15)22-9-4-5-10-27(22,25)26/h6-8,12,14H,4-5,9-11,13H2,1-3H3,(H,20,24)/t14-/m0/s1. The first-order valence-corrected chi connectivity index (χ1v) is 10.9. The van der Waals surface area contributed by atoms with Crippen molar-refractivity contribution in [3.63, 3.8) is 0 Å². The van der Waals surface area contributed by atoms with Gasteiger partial charge >= 0.3 is 0 Å². The molecule has 0 saturated carbocycles. The average Bonchev–Trinajstić information content (AvgIpc) is 2.97. The molecule has 0 spiro atoms. The van der Waals surface area contributed by atoms with Crippen LogP contribution in [0.1, 0.15) is 40.0 Å². The molecule has 2 aliphatic heterocycles. The third-order valence-corrected chi connectivity index (χ3v) is 6.93. The Kier molecular flexibility index (Phi) is 5.20. The van der Waals surface area contributed by atoms with Crippen molar-refractivity contribution < 1.29 is 18.0 Å². The summed E-state index contributed by atoms with van der Waals surface area (Å²) in [6.45, 7) is 6.71. The molecule has 148 valence electrons. The van der Waals surface area contributed by atoms with Crippen LogP contribution in [0.2, 0.25) is 0 Å². The van der Waals surface area contributed by atoms with Gasteiger partial charge in [0.1, 0.15) is 0 Å². The van der Waals surface area contributed by atoms with Gasteiger partial charge in [-0.05, 0) is 51.8 Å². The van der Waals surface area contributed by atoms with Gasteiger partial charge in [-0.3, -0.25) is 13.9 Å². The third-order valence-electron chi connectivity index (χ3n) is 5.06. The van der Waals surface area contributed by atoms with Crippen molar-refractivity contribution >= 4 is 33.2 Å². The number of hydrogen-bond acceptors (Lipinski definition) is 4. The summed E-state index contributed by atoms with van der Waals surface area (Å²) < 4.78 is 26.0. The SMILES string of the molecule is CC(C)(C)N1C[C@@H](C(=O)Nc2cccc(N3CCCCS3(=O)=O)c2)CC1=O. The Labute approximate surface area is 160 Å². The van der Waals surface area contributed by atoms with Crippen LogP contribution >= 0.6 is 0 Å². The van der Waals surface area contributed by atoms with Crippen LogP contribution in [0.15, 0.2) is 24.3 Å². The summed E-state index contributed by atoms with van der Waals surface area (Å²) in [5.74, 6) is -0.486. The van der Waals surface area contributed by atoms with Gasteiger partial charge in [-0.25, -0.2) is 8.42 Å². The highest BCUT2D eigenvalue weighted by Crippen LogP contribution is 2.29. The minimum absolute atomic E-state index is 0.0178. The highest BCUT2D eigenvalue weighted by molar-refractivity contribution is 7.92. The van der Waals surface area contributed by atoms with Crippen molar-refractivity contribution in [1.82, 2.24) is 4.90 Å². The van der Waals surface area contributed by atoms with Crippen LogP contribution in [-0.4, -0.2) is 49.5 Å². The van der Waals surface area contributed by atoms with E-state index in [0.717, 1.165) is 6.42 Å². The number of carbonyl (C=O) groups is 2. The van der Waals surface area contributed by atoms with Crippen molar-refractivity contribution in [2.24, 2.45) is 5.92 Å². The Morgan fingerprint density at radius 1 is 1.22 bits per heavy atom. The Morgan fingerprint density at radius 2 is 1.96 bits per heavy atom. The van der Waals surface area contributed by atoms with E-state index in [1.54, 1.807) is 29.2 Å². The zero-order chi connectivity index (χ0) is 19.8. The second-order valence-corrected chi connectivity index (χ2v) is 10.2. The Morgan fingerprint density at radius 3 is 2.59 bits per heavy atom. The summed E-state index contributed by atoms with van der Waals surface area (Å²) in [6.07, 6.45) is 1.70. The van der Waals surface area contributed by atoms with E-state index >= 15 is 0 Å². The lowest BCUT2D eigenvalue weighted by Crippen LogP contribution is -2.42. The maximum absolute atomic E-state index is 12.6. The third kappa shape index (κ3) is 4.26. The molecule has 0 bridgehead atoms. The summed E-state index contributed by atoms with van der Waals surface area (Å²) in [5.41, 5.74) is 0.792. The molecule has 1 N–H and O–H groups in total. The molecule has 1 atom stereocenters. The van der Waals surface area contributed by atoms with Crippen LogP contribution in [0.25, 0.3) is 0 Å². The van der Waals surface area contributed by atoms with Crippen molar-refractivity contribution in [2.75, 3.05) is 28.5 Å². The topological polar surface area (TPSA) is 86.8 Å². The number of carbonyl (C=O) groups excluding carboxylic acids is 2. The maximum atomic E-state index is 12.6. The molecular formula is C19H27N3O4S. The average molecular weight is 394 g/mol. The van der Waals surface area contributed by atoms with Gasteiger partial charge in [0, 0.05) is 30.7 Å². The van der Waals surface area contributed by atoms with Crippen molar-refractivity contribution in [3.05, 3.63) is 24.3 Å². The smallest absolute Gasteiger partial charge is 0.235 e. The molecule has 1 aromatic rings. The highest BCUT2D eigenvalue weighted by atomic mass is 32.2. The fourth-order valence-electron chi connectivity index (χ4n) is 3.59. The van der Waals surface area contributed by atoms with Crippen LogP contribution in [0, 0.1) is 5.92 Å². The highest BCUT2D eigenvalue weighted by Gasteiger charge is 2.39. The van der Waals surface area contributed by atoms with Crippen molar-refractivity contribution in [3.8, 4) is 0 Å². The lowest BCUT2D eigenvalue weighted by Gasteiger charge is -2.32. The van der Waals surface area contributed by atoms with Gasteiger partial charge in [0.15, 0.2) is 0 Å². The van der Waals surface area contributed by atoms with Gasteiger partial charge < -0.3 is 10.2 Å². The predicted octanol–water partition coefficient (Wildman–Crippen LogP) is 2.20.